The number of thioether (sulfide) groups is 1. The first kappa shape index (κ1) is 19.4. The van der Waals surface area contributed by atoms with Gasteiger partial charge in [0.15, 0.2) is 5.17 Å². The lowest BCUT2D eigenvalue weighted by Gasteiger charge is -2.38. The number of hydrogen-bond acceptors (Lipinski definition) is 5. The van der Waals surface area contributed by atoms with Crippen molar-refractivity contribution in [2.45, 2.75) is 26.0 Å². The topological polar surface area (TPSA) is 59.0 Å². The summed E-state index contributed by atoms with van der Waals surface area (Å²) in [6.45, 7) is 1.77. The molecule has 148 valence electrons. The molecular weight excluding hydrogens is 391 g/mol. The van der Waals surface area contributed by atoms with E-state index in [1.54, 1.807) is 25.1 Å². The largest absolute Gasteiger partial charge is 0.457 e. The second-order valence-corrected chi connectivity index (χ2v) is 7.80. The van der Waals surface area contributed by atoms with E-state index in [4.69, 9.17) is 4.74 Å². The Kier molecular flexibility index (Phi) is 5.49. The van der Waals surface area contributed by atoms with Gasteiger partial charge in [-0.3, -0.25) is 9.69 Å². The highest BCUT2D eigenvalue weighted by molar-refractivity contribution is 8.14. The van der Waals surface area contributed by atoms with E-state index in [2.05, 4.69) is 4.99 Å². The number of halogens is 1. The van der Waals surface area contributed by atoms with Gasteiger partial charge in [0.25, 0.3) is 0 Å². The van der Waals surface area contributed by atoms with E-state index in [0.29, 0.717) is 23.0 Å². The summed E-state index contributed by atoms with van der Waals surface area (Å²) in [5, 5.41) is 0.492. The highest BCUT2D eigenvalue weighted by Gasteiger charge is 2.42. The van der Waals surface area contributed by atoms with Gasteiger partial charge in [0.05, 0.1) is 11.3 Å². The van der Waals surface area contributed by atoms with Crippen molar-refractivity contribution >= 4 is 28.8 Å². The molecule has 1 atom stereocenters. The molecule has 1 amide bonds. The minimum atomic E-state index is -0.896. The maximum Gasteiger partial charge on any atom is 0.338 e. The molecule has 2 aliphatic rings. The SMILES string of the molecule is CC1=C(C(=O)OCc2ccccc2)[C@H](c2ccccc2F)N2C(=O)CCSC2=N1. The Morgan fingerprint density at radius 2 is 1.93 bits per heavy atom. The number of rotatable bonds is 4. The third-order valence-corrected chi connectivity index (χ3v) is 5.79. The van der Waals surface area contributed by atoms with Gasteiger partial charge in [-0.05, 0) is 18.6 Å². The monoisotopic (exact) mass is 410 g/mol. The van der Waals surface area contributed by atoms with E-state index < -0.39 is 17.8 Å². The maximum absolute atomic E-state index is 14.7. The molecule has 0 unspecified atom stereocenters. The molecule has 2 aromatic carbocycles. The number of carbonyl (C=O) groups is 2. The number of amides is 1. The van der Waals surface area contributed by atoms with Crippen LogP contribution in [0.2, 0.25) is 0 Å². The fraction of sp³-hybridized carbons (Fsp3) is 0.227. The molecule has 1 saturated heterocycles. The standard InChI is InChI=1S/C22H19FN2O3S/c1-14-19(21(27)28-13-15-7-3-2-4-8-15)20(16-9-5-6-10-17(16)23)25-18(26)11-12-29-22(25)24-14/h2-10,20H,11-13H2,1H3/t20-/m0/s1. The van der Waals surface area contributed by atoms with Crippen molar-refractivity contribution < 1.29 is 18.7 Å². The Balaban J connectivity index is 1.73. The van der Waals surface area contributed by atoms with Crippen molar-refractivity contribution in [3.05, 3.63) is 82.8 Å². The number of benzene rings is 2. The lowest BCUT2D eigenvalue weighted by Crippen LogP contribution is -2.46. The first-order valence-electron chi connectivity index (χ1n) is 9.26. The number of fused-ring (bicyclic) bond motifs is 1. The lowest BCUT2D eigenvalue weighted by atomic mass is 9.93. The number of aliphatic imine (C=N–C) groups is 1. The first-order valence-corrected chi connectivity index (χ1v) is 10.2. The summed E-state index contributed by atoms with van der Waals surface area (Å²) in [6, 6.07) is 14.6. The van der Waals surface area contributed by atoms with Crippen molar-refractivity contribution in [2.75, 3.05) is 5.75 Å². The minimum Gasteiger partial charge on any atom is -0.457 e. The van der Waals surface area contributed by atoms with Gasteiger partial charge in [0, 0.05) is 17.7 Å². The van der Waals surface area contributed by atoms with Crippen molar-refractivity contribution in [2.24, 2.45) is 4.99 Å². The summed E-state index contributed by atoms with van der Waals surface area (Å²) < 4.78 is 20.2. The Labute approximate surface area is 172 Å². The van der Waals surface area contributed by atoms with E-state index in [9.17, 15) is 14.0 Å². The number of allylic oxidation sites excluding steroid dienone is 1. The number of nitrogens with zero attached hydrogens (tertiary/aromatic N) is 2. The molecule has 0 aromatic heterocycles. The van der Waals surface area contributed by atoms with E-state index in [-0.39, 0.29) is 23.7 Å². The molecule has 2 aromatic rings. The zero-order chi connectivity index (χ0) is 20.4. The smallest absolute Gasteiger partial charge is 0.338 e. The summed E-state index contributed by atoms with van der Waals surface area (Å²) in [5.41, 5.74) is 1.71. The molecule has 0 N–H and O–H groups in total. The van der Waals surface area contributed by atoms with Crippen LogP contribution in [0.1, 0.15) is 30.5 Å². The van der Waals surface area contributed by atoms with Gasteiger partial charge in [-0.25, -0.2) is 14.2 Å². The molecular formula is C22H19FN2O3S. The average Bonchev–Trinajstić information content (AvgIpc) is 2.72. The van der Waals surface area contributed by atoms with E-state index >= 15 is 0 Å². The van der Waals surface area contributed by atoms with Gasteiger partial charge < -0.3 is 4.74 Å². The fourth-order valence-corrected chi connectivity index (χ4v) is 4.46. The van der Waals surface area contributed by atoms with Crippen LogP contribution < -0.4 is 0 Å². The van der Waals surface area contributed by atoms with Crippen LogP contribution in [0.15, 0.2) is 70.9 Å². The number of hydrogen-bond donors (Lipinski definition) is 0. The second kappa shape index (κ2) is 8.21. The molecule has 5 nitrogen and oxygen atoms in total. The molecule has 1 fully saturated rings. The molecule has 29 heavy (non-hydrogen) atoms. The highest BCUT2D eigenvalue weighted by atomic mass is 32.2. The molecule has 2 heterocycles. The summed E-state index contributed by atoms with van der Waals surface area (Å²) in [6.07, 6.45) is 0.306. The normalized spacial score (nSPS) is 19.0. The van der Waals surface area contributed by atoms with Crippen LogP contribution in [-0.2, 0) is 20.9 Å². The van der Waals surface area contributed by atoms with Crippen LogP contribution in [0.5, 0.6) is 0 Å². The Morgan fingerprint density at radius 3 is 2.69 bits per heavy atom. The van der Waals surface area contributed by atoms with Gasteiger partial charge in [-0.15, -0.1) is 0 Å². The van der Waals surface area contributed by atoms with Gasteiger partial charge in [0.1, 0.15) is 18.5 Å². The van der Waals surface area contributed by atoms with Crippen LogP contribution in [0.3, 0.4) is 0 Å². The van der Waals surface area contributed by atoms with Crippen LogP contribution in [0.4, 0.5) is 4.39 Å². The van der Waals surface area contributed by atoms with E-state index in [0.717, 1.165) is 5.56 Å². The second-order valence-electron chi connectivity index (χ2n) is 6.74. The molecule has 4 rings (SSSR count). The molecule has 0 aliphatic carbocycles. The summed E-state index contributed by atoms with van der Waals surface area (Å²) in [4.78, 5) is 31.6. The van der Waals surface area contributed by atoms with Crippen LogP contribution >= 0.6 is 11.8 Å². The number of esters is 1. The minimum absolute atomic E-state index is 0.0830. The van der Waals surface area contributed by atoms with Crippen LogP contribution in [-0.4, -0.2) is 27.7 Å². The predicted molar refractivity (Wildman–Crippen MR) is 109 cm³/mol. The summed E-state index contributed by atoms with van der Waals surface area (Å²) >= 11 is 1.43. The number of ether oxygens (including phenoxy) is 1. The van der Waals surface area contributed by atoms with Gasteiger partial charge in [-0.1, -0.05) is 60.3 Å². The molecule has 0 bridgehead atoms. The maximum atomic E-state index is 14.7. The first-order chi connectivity index (χ1) is 14.1. The molecule has 2 aliphatic heterocycles. The van der Waals surface area contributed by atoms with E-state index in [1.165, 1.54) is 22.7 Å². The Hall–Kier alpha value is -2.93. The third-order valence-electron chi connectivity index (χ3n) is 4.84. The van der Waals surface area contributed by atoms with Crippen molar-refractivity contribution in [1.82, 2.24) is 4.90 Å². The van der Waals surface area contributed by atoms with Crippen molar-refractivity contribution in [3.8, 4) is 0 Å². The zero-order valence-electron chi connectivity index (χ0n) is 15.8. The van der Waals surface area contributed by atoms with Crippen LogP contribution in [0.25, 0.3) is 0 Å². The summed E-state index contributed by atoms with van der Waals surface area (Å²) in [5.74, 6) is -0.662. The number of carbonyl (C=O) groups excluding carboxylic acids is 2. The Morgan fingerprint density at radius 1 is 1.21 bits per heavy atom. The quantitative estimate of drug-likeness (QED) is 0.708. The third kappa shape index (κ3) is 3.82. The average molecular weight is 410 g/mol. The highest BCUT2D eigenvalue weighted by Crippen LogP contribution is 2.41. The van der Waals surface area contributed by atoms with Gasteiger partial charge in [0.2, 0.25) is 5.91 Å². The fourth-order valence-electron chi connectivity index (χ4n) is 3.45. The zero-order valence-corrected chi connectivity index (χ0v) is 16.6. The Bertz CT molecular complexity index is 1020. The van der Waals surface area contributed by atoms with Gasteiger partial charge >= 0.3 is 5.97 Å². The van der Waals surface area contributed by atoms with Crippen molar-refractivity contribution in [3.63, 3.8) is 0 Å². The predicted octanol–water partition coefficient (Wildman–Crippen LogP) is 4.22. The van der Waals surface area contributed by atoms with Crippen molar-refractivity contribution in [1.29, 1.82) is 0 Å². The molecule has 0 spiro atoms. The van der Waals surface area contributed by atoms with Gasteiger partial charge in [-0.2, -0.15) is 0 Å². The van der Waals surface area contributed by atoms with E-state index in [1.807, 2.05) is 30.3 Å². The lowest BCUT2D eigenvalue weighted by molar-refractivity contribution is -0.141. The number of amidine groups is 1. The molecule has 0 radical (unpaired) electrons. The molecule has 7 heteroatoms. The summed E-state index contributed by atoms with van der Waals surface area (Å²) in [7, 11) is 0. The molecule has 0 saturated carbocycles. The van der Waals surface area contributed by atoms with Crippen LogP contribution in [0, 0.1) is 5.82 Å².